The lowest BCUT2D eigenvalue weighted by atomic mass is 10.1. The number of aliphatic imine (C=N–C) groups is 1. The van der Waals surface area contributed by atoms with E-state index in [-0.39, 0.29) is 0 Å². The van der Waals surface area contributed by atoms with Crippen LogP contribution in [-0.4, -0.2) is 24.5 Å². The lowest BCUT2D eigenvalue weighted by Gasteiger charge is -2.19. The molecule has 3 nitrogen and oxygen atoms in total. The summed E-state index contributed by atoms with van der Waals surface area (Å²) in [5.41, 5.74) is 8.46. The van der Waals surface area contributed by atoms with E-state index < -0.39 is 0 Å². The van der Waals surface area contributed by atoms with Gasteiger partial charge in [-0.1, -0.05) is 31.2 Å². The average Bonchev–Trinajstić information content (AvgIpc) is 2.28. The summed E-state index contributed by atoms with van der Waals surface area (Å²) in [6, 6.07) is 8.34. The Balaban J connectivity index is 2.64. The van der Waals surface area contributed by atoms with Crippen LogP contribution in [0.5, 0.6) is 0 Å². The van der Waals surface area contributed by atoms with E-state index >= 15 is 0 Å². The van der Waals surface area contributed by atoms with Crippen LogP contribution in [0.15, 0.2) is 29.3 Å². The second-order valence-electron chi connectivity index (χ2n) is 4.02. The molecule has 0 radical (unpaired) electrons. The molecule has 0 saturated heterocycles. The summed E-state index contributed by atoms with van der Waals surface area (Å²) in [5.74, 6) is 0.616. The van der Waals surface area contributed by atoms with Crippen LogP contribution in [0.4, 0.5) is 0 Å². The summed E-state index contributed by atoms with van der Waals surface area (Å²) in [6.45, 7) is 5.82. The molecule has 0 aliphatic rings. The van der Waals surface area contributed by atoms with Gasteiger partial charge in [-0.2, -0.15) is 0 Å². The van der Waals surface area contributed by atoms with Crippen LogP contribution in [0.2, 0.25) is 0 Å². The molecule has 0 bridgehead atoms. The van der Waals surface area contributed by atoms with Gasteiger partial charge in [0.2, 0.25) is 0 Å². The van der Waals surface area contributed by atoms with Gasteiger partial charge in [0.1, 0.15) is 0 Å². The van der Waals surface area contributed by atoms with E-state index in [1.807, 2.05) is 18.0 Å². The third kappa shape index (κ3) is 3.57. The van der Waals surface area contributed by atoms with Crippen LogP contribution in [-0.2, 0) is 6.54 Å². The van der Waals surface area contributed by atoms with Crippen LogP contribution < -0.4 is 5.73 Å². The fourth-order valence-corrected chi connectivity index (χ4v) is 1.47. The Kier molecular flexibility index (Phi) is 4.83. The molecule has 0 aliphatic carbocycles. The molecule has 3 heteroatoms. The Morgan fingerprint density at radius 1 is 1.38 bits per heavy atom. The Labute approximate surface area is 98.0 Å². The van der Waals surface area contributed by atoms with E-state index in [1.165, 1.54) is 11.1 Å². The highest BCUT2D eigenvalue weighted by Crippen LogP contribution is 2.09. The predicted octanol–water partition coefficient (Wildman–Crippen LogP) is 2.15. The van der Waals surface area contributed by atoms with Crippen molar-refractivity contribution in [1.29, 1.82) is 0 Å². The van der Waals surface area contributed by atoms with Crippen molar-refractivity contribution in [2.75, 3.05) is 13.6 Å². The Bertz CT molecular complexity index is 358. The summed E-state index contributed by atoms with van der Waals surface area (Å²) in [6.07, 6.45) is 1.03. The SMILES string of the molecule is CCCN=C(N)N(C)Cc1ccccc1C. The van der Waals surface area contributed by atoms with Crippen molar-refractivity contribution in [3.63, 3.8) is 0 Å². The highest BCUT2D eigenvalue weighted by atomic mass is 15.2. The second-order valence-corrected chi connectivity index (χ2v) is 4.02. The number of hydrogen-bond donors (Lipinski definition) is 1. The highest BCUT2D eigenvalue weighted by molar-refractivity contribution is 5.77. The first kappa shape index (κ1) is 12.6. The fraction of sp³-hybridized carbons (Fsp3) is 0.462. The first-order valence-electron chi connectivity index (χ1n) is 5.70. The molecule has 0 saturated carbocycles. The van der Waals surface area contributed by atoms with Gasteiger partial charge in [0.15, 0.2) is 5.96 Å². The topological polar surface area (TPSA) is 41.6 Å². The third-order valence-corrected chi connectivity index (χ3v) is 2.56. The van der Waals surface area contributed by atoms with Gasteiger partial charge < -0.3 is 10.6 Å². The Morgan fingerprint density at radius 2 is 2.06 bits per heavy atom. The molecule has 1 aromatic rings. The zero-order chi connectivity index (χ0) is 12.0. The minimum Gasteiger partial charge on any atom is -0.370 e. The standard InChI is InChI=1S/C13H21N3/c1-4-9-15-13(14)16(3)10-12-8-6-5-7-11(12)2/h5-8H,4,9-10H2,1-3H3,(H2,14,15). The summed E-state index contributed by atoms with van der Waals surface area (Å²) < 4.78 is 0. The van der Waals surface area contributed by atoms with Gasteiger partial charge >= 0.3 is 0 Å². The van der Waals surface area contributed by atoms with Gasteiger partial charge in [-0.05, 0) is 24.5 Å². The molecule has 2 N–H and O–H groups in total. The molecule has 1 rings (SSSR count). The van der Waals surface area contributed by atoms with Crippen molar-refractivity contribution in [2.45, 2.75) is 26.8 Å². The average molecular weight is 219 g/mol. The van der Waals surface area contributed by atoms with E-state index in [4.69, 9.17) is 5.73 Å². The number of rotatable bonds is 4. The normalized spacial score (nSPS) is 11.6. The summed E-state index contributed by atoms with van der Waals surface area (Å²) in [7, 11) is 1.97. The zero-order valence-corrected chi connectivity index (χ0v) is 10.4. The maximum absolute atomic E-state index is 5.88. The van der Waals surface area contributed by atoms with Crippen LogP contribution in [0, 0.1) is 6.92 Å². The monoisotopic (exact) mass is 219 g/mol. The minimum atomic E-state index is 0.616. The van der Waals surface area contributed by atoms with E-state index in [0.717, 1.165) is 19.5 Å². The van der Waals surface area contributed by atoms with Crippen molar-refractivity contribution >= 4 is 5.96 Å². The Hall–Kier alpha value is -1.51. The number of nitrogens with two attached hydrogens (primary N) is 1. The Morgan fingerprint density at radius 3 is 2.69 bits per heavy atom. The molecule has 0 atom stereocenters. The molecule has 0 fully saturated rings. The molecular formula is C13H21N3. The molecule has 0 aromatic heterocycles. The number of aryl methyl sites for hydroxylation is 1. The lowest BCUT2D eigenvalue weighted by Crippen LogP contribution is -2.33. The number of nitrogens with zero attached hydrogens (tertiary/aromatic N) is 2. The van der Waals surface area contributed by atoms with Crippen molar-refractivity contribution in [3.05, 3.63) is 35.4 Å². The molecule has 0 unspecified atom stereocenters. The minimum absolute atomic E-state index is 0.616. The lowest BCUT2D eigenvalue weighted by molar-refractivity contribution is 0.490. The maximum Gasteiger partial charge on any atom is 0.191 e. The molecule has 0 amide bonds. The van der Waals surface area contributed by atoms with Gasteiger partial charge in [0.25, 0.3) is 0 Å². The largest absolute Gasteiger partial charge is 0.370 e. The molecule has 0 heterocycles. The van der Waals surface area contributed by atoms with Crippen LogP contribution in [0.3, 0.4) is 0 Å². The van der Waals surface area contributed by atoms with Crippen molar-refractivity contribution < 1.29 is 0 Å². The van der Waals surface area contributed by atoms with Gasteiger partial charge in [-0.15, -0.1) is 0 Å². The molecular weight excluding hydrogens is 198 g/mol. The van der Waals surface area contributed by atoms with Crippen LogP contribution in [0.1, 0.15) is 24.5 Å². The smallest absolute Gasteiger partial charge is 0.191 e. The van der Waals surface area contributed by atoms with Crippen molar-refractivity contribution in [3.8, 4) is 0 Å². The highest BCUT2D eigenvalue weighted by Gasteiger charge is 2.04. The quantitative estimate of drug-likeness (QED) is 0.623. The number of guanidine groups is 1. The van der Waals surface area contributed by atoms with E-state index in [0.29, 0.717) is 5.96 Å². The van der Waals surface area contributed by atoms with Crippen molar-refractivity contribution in [2.24, 2.45) is 10.7 Å². The van der Waals surface area contributed by atoms with E-state index in [1.54, 1.807) is 0 Å². The third-order valence-electron chi connectivity index (χ3n) is 2.56. The van der Waals surface area contributed by atoms with E-state index in [2.05, 4.69) is 37.0 Å². The molecule has 0 spiro atoms. The fourth-order valence-electron chi connectivity index (χ4n) is 1.47. The van der Waals surface area contributed by atoms with Crippen LogP contribution in [0.25, 0.3) is 0 Å². The first-order valence-corrected chi connectivity index (χ1v) is 5.70. The molecule has 16 heavy (non-hydrogen) atoms. The summed E-state index contributed by atoms with van der Waals surface area (Å²) >= 11 is 0. The second kappa shape index (κ2) is 6.16. The van der Waals surface area contributed by atoms with Crippen molar-refractivity contribution in [1.82, 2.24) is 4.90 Å². The van der Waals surface area contributed by atoms with Crippen LogP contribution >= 0.6 is 0 Å². The molecule has 88 valence electrons. The first-order chi connectivity index (χ1) is 7.65. The predicted molar refractivity (Wildman–Crippen MR) is 69.4 cm³/mol. The van der Waals surface area contributed by atoms with E-state index in [9.17, 15) is 0 Å². The van der Waals surface area contributed by atoms with Gasteiger partial charge in [-0.25, -0.2) is 0 Å². The summed E-state index contributed by atoms with van der Waals surface area (Å²) in [5, 5.41) is 0. The number of hydrogen-bond acceptors (Lipinski definition) is 1. The maximum atomic E-state index is 5.88. The molecule has 0 aliphatic heterocycles. The zero-order valence-electron chi connectivity index (χ0n) is 10.4. The summed E-state index contributed by atoms with van der Waals surface area (Å²) in [4.78, 5) is 6.27. The van der Waals surface area contributed by atoms with Gasteiger partial charge in [-0.3, -0.25) is 4.99 Å². The van der Waals surface area contributed by atoms with Gasteiger partial charge in [0.05, 0.1) is 0 Å². The number of benzene rings is 1. The molecule has 1 aromatic carbocycles. The van der Waals surface area contributed by atoms with Gasteiger partial charge in [0, 0.05) is 20.1 Å².